The Kier molecular flexibility index (Phi) is 37.7. The third kappa shape index (κ3) is 33.1. The molecule has 0 amide bonds. The van der Waals surface area contributed by atoms with Crippen LogP contribution >= 0.6 is 0 Å². The van der Waals surface area contributed by atoms with Gasteiger partial charge in [0.2, 0.25) is 0 Å². The van der Waals surface area contributed by atoms with Crippen LogP contribution in [0.4, 0.5) is 0 Å². The van der Waals surface area contributed by atoms with Crippen LogP contribution in [0.25, 0.3) is 0 Å². The van der Waals surface area contributed by atoms with Crippen molar-refractivity contribution < 1.29 is 49.0 Å². The van der Waals surface area contributed by atoms with Gasteiger partial charge in [-0.1, -0.05) is 154 Å². The average Bonchev–Trinajstić information content (AvgIpc) is 3.28. The van der Waals surface area contributed by atoms with Gasteiger partial charge in [-0.05, 0) is 96.3 Å². The lowest BCUT2D eigenvalue weighted by molar-refractivity contribution is -0.305. The van der Waals surface area contributed by atoms with Gasteiger partial charge in [0, 0.05) is 12.8 Å². The number of carbonyl (C=O) groups is 2. The van der Waals surface area contributed by atoms with Crippen LogP contribution in [0.5, 0.6) is 0 Å². The normalized spacial score (nSPS) is 20.8. The number of allylic oxidation sites excluding steroid dienone is 22. The summed E-state index contributed by atoms with van der Waals surface area (Å²) in [4.78, 5) is 25.3. The lowest BCUT2D eigenvalue weighted by Crippen LogP contribution is -2.59. The van der Waals surface area contributed by atoms with Crippen LogP contribution in [0.3, 0.4) is 0 Å². The van der Waals surface area contributed by atoms with Gasteiger partial charge in [0.05, 0.1) is 13.2 Å². The first kappa shape index (κ1) is 56.9. The van der Waals surface area contributed by atoms with Gasteiger partial charge < -0.3 is 39.4 Å². The molecule has 352 valence electrons. The Morgan fingerprint density at radius 2 is 0.921 bits per heavy atom. The largest absolute Gasteiger partial charge is 0.462 e. The molecule has 0 aromatic carbocycles. The average molecular weight is 877 g/mol. The molecule has 1 rings (SSSR count). The molecule has 63 heavy (non-hydrogen) atoms. The van der Waals surface area contributed by atoms with Crippen molar-refractivity contribution in [3.8, 4) is 0 Å². The third-order valence-corrected chi connectivity index (χ3v) is 9.54. The van der Waals surface area contributed by atoms with Gasteiger partial charge in [-0.3, -0.25) is 9.59 Å². The number of carbonyl (C=O) groups excluding carboxylic acids is 2. The van der Waals surface area contributed by atoms with Crippen molar-refractivity contribution in [3.05, 3.63) is 134 Å². The summed E-state index contributed by atoms with van der Waals surface area (Å²) in [5, 5.41) is 40.1. The highest BCUT2D eigenvalue weighted by atomic mass is 16.7. The Labute approximate surface area is 379 Å². The maximum atomic E-state index is 12.8. The quantitative estimate of drug-likeness (QED) is 0.0272. The summed E-state index contributed by atoms with van der Waals surface area (Å²) in [6.45, 7) is 3.06. The van der Waals surface area contributed by atoms with E-state index in [1.165, 1.54) is 0 Å². The van der Waals surface area contributed by atoms with Crippen LogP contribution in [0.1, 0.15) is 129 Å². The molecule has 0 aliphatic carbocycles. The Morgan fingerprint density at radius 1 is 0.492 bits per heavy atom. The molecular weight excluding hydrogens is 797 g/mol. The molecule has 1 aliphatic heterocycles. The zero-order valence-electron chi connectivity index (χ0n) is 38.3. The molecule has 1 saturated heterocycles. The number of esters is 2. The number of aliphatic hydroxyl groups excluding tert-OH is 4. The van der Waals surface area contributed by atoms with Crippen LogP contribution in [0.2, 0.25) is 0 Å². The fourth-order valence-corrected chi connectivity index (χ4v) is 5.94. The van der Waals surface area contributed by atoms with Gasteiger partial charge in [0.15, 0.2) is 12.4 Å². The second-order valence-electron chi connectivity index (χ2n) is 15.1. The number of ether oxygens (including phenoxy) is 4. The molecule has 0 aromatic heterocycles. The smallest absolute Gasteiger partial charge is 0.306 e. The summed E-state index contributed by atoms with van der Waals surface area (Å²) in [5.74, 6) is -0.959. The van der Waals surface area contributed by atoms with Crippen molar-refractivity contribution >= 4 is 11.9 Å². The summed E-state index contributed by atoms with van der Waals surface area (Å²) in [6, 6.07) is 0. The van der Waals surface area contributed by atoms with Crippen molar-refractivity contribution in [3.63, 3.8) is 0 Å². The van der Waals surface area contributed by atoms with Crippen LogP contribution in [-0.4, -0.2) is 89.0 Å². The van der Waals surface area contributed by atoms with Gasteiger partial charge in [-0.15, -0.1) is 0 Å². The summed E-state index contributed by atoms with van der Waals surface area (Å²) in [6.07, 6.45) is 53.2. The van der Waals surface area contributed by atoms with Crippen LogP contribution < -0.4 is 0 Å². The Balaban J connectivity index is 2.42. The minimum atomic E-state index is -1.62. The fourth-order valence-electron chi connectivity index (χ4n) is 5.94. The predicted octanol–water partition coefficient (Wildman–Crippen LogP) is 10.4. The SMILES string of the molecule is CC/C=C/C/C=C/C/C=C/C/C=C/C/C=C/C/C=C/CCC(=O)OC[C@@H](CO[C@H]1O[C@@H](CO)[C@@H](O)C(O)C1O)OC(=O)CCCCC/C=C/C/C=C/C/C=C/C/C=C/C/C=C/CC. The Hall–Kier alpha value is -4.16. The zero-order chi connectivity index (χ0) is 45.9. The van der Waals surface area contributed by atoms with E-state index < -0.39 is 55.4 Å². The maximum Gasteiger partial charge on any atom is 0.306 e. The Morgan fingerprint density at radius 3 is 1.37 bits per heavy atom. The third-order valence-electron chi connectivity index (χ3n) is 9.54. The van der Waals surface area contributed by atoms with E-state index in [2.05, 4.69) is 135 Å². The lowest BCUT2D eigenvalue weighted by Gasteiger charge is -2.39. The first-order valence-electron chi connectivity index (χ1n) is 23.3. The van der Waals surface area contributed by atoms with Gasteiger partial charge >= 0.3 is 11.9 Å². The van der Waals surface area contributed by atoms with Crippen LogP contribution in [0, 0.1) is 0 Å². The molecule has 0 saturated carbocycles. The summed E-state index contributed by atoms with van der Waals surface area (Å²) in [5.41, 5.74) is 0. The molecule has 0 radical (unpaired) electrons. The molecule has 10 nitrogen and oxygen atoms in total. The Bertz CT molecular complexity index is 1480. The van der Waals surface area contributed by atoms with Gasteiger partial charge in [-0.25, -0.2) is 0 Å². The predicted molar refractivity (Wildman–Crippen MR) is 256 cm³/mol. The number of aliphatic hydroxyl groups is 4. The van der Waals surface area contributed by atoms with Gasteiger partial charge in [0.1, 0.15) is 31.0 Å². The molecule has 1 heterocycles. The molecule has 0 bridgehead atoms. The van der Waals surface area contributed by atoms with E-state index in [4.69, 9.17) is 18.9 Å². The number of rotatable bonds is 36. The molecule has 10 heteroatoms. The van der Waals surface area contributed by atoms with E-state index in [1.54, 1.807) is 0 Å². The van der Waals surface area contributed by atoms with Crippen molar-refractivity contribution in [2.45, 2.75) is 166 Å². The molecule has 0 aromatic rings. The standard InChI is InChI=1S/C53H80O10/c1-3-5-7-9-11-13-15-17-19-21-23-25-27-29-31-33-35-37-39-41-48(55)60-44-46(45-61-53-52(59)51(58)50(57)47(43-54)63-53)62-49(56)42-40-38-36-34-32-30-28-26-24-22-20-18-16-14-12-10-8-6-4-2/h5-8,11-14,17-20,23-26,29-32,35,37,46-47,50-54,57-59H,3-4,9-10,15-16,21-22,27-28,33-34,36,38-45H2,1-2H3/b7-5+,8-6+,13-11+,14-12+,19-17+,20-18+,25-23+,26-24+,31-29+,32-30+,37-35+/t46-,47-,50+,51?,52?,53-/m0/s1. The monoisotopic (exact) mass is 877 g/mol. The minimum absolute atomic E-state index is 0.133. The first-order chi connectivity index (χ1) is 30.8. The zero-order valence-corrected chi connectivity index (χ0v) is 38.3. The molecule has 1 aliphatic rings. The minimum Gasteiger partial charge on any atom is -0.462 e. The second kappa shape index (κ2) is 41.8. The summed E-state index contributed by atoms with van der Waals surface area (Å²) < 4.78 is 22.1. The van der Waals surface area contributed by atoms with Crippen molar-refractivity contribution in [1.29, 1.82) is 0 Å². The van der Waals surface area contributed by atoms with Crippen LogP contribution in [-0.2, 0) is 28.5 Å². The van der Waals surface area contributed by atoms with Crippen molar-refractivity contribution in [2.75, 3.05) is 19.8 Å². The molecule has 1 fully saturated rings. The van der Waals surface area contributed by atoms with E-state index in [0.29, 0.717) is 12.8 Å². The molecule has 0 spiro atoms. The number of hydrogen-bond acceptors (Lipinski definition) is 10. The van der Waals surface area contributed by atoms with E-state index in [9.17, 15) is 30.0 Å². The van der Waals surface area contributed by atoms with Gasteiger partial charge in [-0.2, -0.15) is 0 Å². The van der Waals surface area contributed by atoms with Crippen LogP contribution in [0.15, 0.2) is 134 Å². The fraction of sp³-hybridized carbons (Fsp3) is 0.547. The number of unbranched alkanes of at least 4 members (excludes halogenated alkanes) is 3. The summed E-state index contributed by atoms with van der Waals surface area (Å²) >= 11 is 0. The van der Waals surface area contributed by atoms with Crippen molar-refractivity contribution in [2.24, 2.45) is 0 Å². The molecule has 2 unspecified atom stereocenters. The summed E-state index contributed by atoms with van der Waals surface area (Å²) in [7, 11) is 0. The van der Waals surface area contributed by atoms with E-state index in [1.807, 2.05) is 12.2 Å². The highest BCUT2D eigenvalue weighted by molar-refractivity contribution is 5.70. The highest BCUT2D eigenvalue weighted by Gasteiger charge is 2.44. The van der Waals surface area contributed by atoms with E-state index in [-0.39, 0.29) is 26.1 Å². The van der Waals surface area contributed by atoms with Crippen molar-refractivity contribution in [1.82, 2.24) is 0 Å². The lowest BCUT2D eigenvalue weighted by atomic mass is 9.99. The van der Waals surface area contributed by atoms with E-state index >= 15 is 0 Å². The van der Waals surface area contributed by atoms with Gasteiger partial charge in [0.25, 0.3) is 0 Å². The number of hydrogen-bond donors (Lipinski definition) is 4. The molecular formula is C53H80O10. The molecule has 4 N–H and O–H groups in total. The molecule has 6 atom stereocenters. The second-order valence-corrected chi connectivity index (χ2v) is 15.1. The first-order valence-corrected chi connectivity index (χ1v) is 23.3. The highest BCUT2D eigenvalue weighted by Crippen LogP contribution is 2.22. The topological polar surface area (TPSA) is 152 Å². The van der Waals surface area contributed by atoms with E-state index in [0.717, 1.165) is 89.9 Å². The maximum absolute atomic E-state index is 12.8.